The van der Waals surface area contributed by atoms with Crippen molar-refractivity contribution in [1.82, 2.24) is 4.57 Å². The van der Waals surface area contributed by atoms with Crippen LogP contribution >= 0.6 is 0 Å². The lowest BCUT2D eigenvalue weighted by Gasteiger charge is -2.42. The second-order valence-corrected chi connectivity index (χ2v) is 20.2. The summed E-state index contributed by atoms with van der Waals surface area (Å²) in [6, 6.07) is 45.6. The molecule has 0 fully saturated rings. The van der Waals surface area contributed by atoms with Gasteiger partial charge >= 0.3 is 6.85 Å². The first kappa shape index (κ1) is 34.8. The SMILES string of the molecule is CC(C)(C)c1ccc(N2B3c4cc5c(cc4-n4c6ccc(C(C)(C)C)cc6c6c7oc8ccccc8c7c(c3c64)-c3cc(C(C)(C)C)ccc32)oc2ccccc25)cc1. The Labute approximate surface area is 345 Å². The fraction of sp³-hybridized carbons (Fsp3) is 0.222. The molecule has 0 bridgehead atoms. The molecule has 5 heterocycles. The molecule has 2 aliphatic rings. The first-order chi connectivity index (χ1) is 28.2. The van der Waals surface area contributed by atoms with Crippen LogP contribution in [0.3, 0.4) is 0 Å². The normalized spacial score (nSPS) is 14.1. The van der Waals surface area contributed by atoms with Crippen LogP contribution in [0.4, 0.5) is 11.4 Å². The van der Waals surface area contributed by atoms with Gasteiger partial charge in [0.2, 0.25) is 0 Å². The largest absolute Gasteiger partial charge is 0.456 e. The van der Waals surface area contributed by atoms with Gasteiger partial charge in [0.05, 0.1) is 16.4 Å². The molecule has 5 heteroatoms. The van der Waals surface area contributed by atoms with Crippen molar-refractivity contribution in [2.24, 2.45) is 0 Å². The highest BCUT2D eigenvalue weighted by Gasteiger charge is 2.46. The lowest BCUT2D eigenvalue weighted by Crippen LogP contribution is -2.60. The summed E-state index contributed by atoms with van der Waals surface area (Å²) in [5.74, 6) is 0. The summed E-state index contributed by atoms with van der Waals surface area (Å²) in [5, 5.41) is 7.01. The molecule has 0 saturated carbocycles. The molecule has 10 aromatic rings. The molecule has 0 unspecified atom stereocenters. The molecule has 4 nitrogen and oxygen atoms in total. The van der Waals surface area contributed by atoms with E-state index in [4.69, 9.17) is 8.83 Å². The third-order valence-electron chi connectivity index (χ3n) is 13.4. The molecule has 59 heavy (non-hydrogen) atoms. The van der Waals surface area contributed by atoms with Gasteiger partial charge in [-0.15, -0.1) is 0 Å². The van der Waals surface area contributed by atoms with Gasteiger partial charge in [-0.25, -0.2) is 0 Å². The van der Waals surface area contributed by atoms with E-state index in [0.717, 1.165) is 44.2 Å². The Morgan fingerprint density at radius 2 is 1.12 bits per heavy atom. The maximum Gasteiger partial charge on any atom is 0.333 e. The summed E-state index contributed by atoms with van der Waals surface area (Å²) >= 11 is 0. The van der Waals surface area contributed by atoms with Gasteiger partial charge < -0.3 is 18.2 Å². The Kier molecular flexibility index (Phi) is 6.66. The van der Waals surface area contributed by atoms with Crippen LogP contribution in [0, 0.1) is 0 Å². The highest BCUT2D eigenvalue weighted by atomic mass is 16.3. The minimum Gasteiger partial charge on any atom is -0.456 e. The predicted molar refractivity (Wildman–Crippen MR) is 250 cm³/mol. The topological polar surface area (TPSA) is 34.5 Å². The average Bonchev–Trinajstić information content (AvgIpc) is 3.88. The van der Waals surface area contributed by atoms with Crippen molar-refractivity contribution in [3.63, 3.8) is 0 Å². The lowest BCUT2D eigenvalue weighted by atomic mass is 9.43. The third-order valence-corrected chi connectivity index (χ3v) is 13.4. The molecule has 0 radical (unpaired) electrons. The number of benzene rings is 7. The van der Waals surface area contributed by atoms with E-state index in [9.17, 15) is 0 Å². The molecule has 288 valence electrons. The fourth-order valence-electron chi connectivity index (χ4n) is 10.3. The fourth-order valence-corrected chi connectivity index (χ4v) is 10.3. The van der Waals surface area contributed by atoms with Crippen LogP contribution < -0.4 is 15.7 Å². The summed E-state index contributed by atoms with van der Waals surface area (Å²) in [6.07, 6.45) is 0. The van der Waals surface area contributed by atoms with Crippen molar-refractivity contribution < 1.29 is 8.83 Å². The number of hydrogen-bond donors (Lipinski definition) is 0. The van der Waals surface area contributed by atoms with Gasteiger partial charge in [-0.3, -0.25) is 0 Å². The number of fused-ring (bicyclic) bond motifs is 16. The molecule has 0 aliphatic carbocycles. The maximum atomic E-state index is 7.16. The number of furan rings is 2. The first-order valence-electron chi connectivity index (χ1n) is 21.1. The molecule has 3 aromatic heterocycles. The van der Waals surface area contributed by atoms with Crippen LogP contribution in [0.25, 0.3) is 82.5 Å². The maximum absolute atomic E-state index is 7.16. The Morgan fingerprint density at radius 3 is 1.83 bits per heavy atom. The van der Waals surface area contributed by atoms with Crippen LogP contribution in [0.5, 0.6) is 0 Å². The van der Waals surface area contributed by atoms with Gasteiger partial charge in [0.25, 0.3) is 0 Å². The van der Waals surface area contributed by atoms with E-state index >= 15 is 0 Å². The molecule has 0 amide bonds. The minimum atomic E-state index is -0.147. The van der Waals surface area contributed by atoms with Crippen molar-refractivity contribution in [3.05, 3.63) is 138 Å². The highest BCUT2D eigenvalue weighted by molar-refractivity contribution is 6.94. The van der Waals surface area contributed by atoms with E-state index in [-0.39, 0.29) is 23.1 Å². The zero-order chi connectivity index (χ0) is 40.5. The molecule has 0 atom stereocenters. The average molecular weight is 767 g/mol. The summed E-state index contributed by atoms with van der Waals surface area (Å²) in [5.41, 5.74) is 18.5. The Morgan fingerprint density at radius 1 is 0.492 bits per heavy atom. The van der Waals surface area contributed by atoms with E-state index < -0.39 is 0 Å². The van der Waals surface area contributed by atoms with Gasteiger partial charge in [-0.05, 0) is 98.0 Å². The Hall–Kier alpha value is -6.20. The highest BCUT2D eigenvalue weighted by Crippen LogP contribution is 2.52. The predicted octanol–water partition coefficient (Wildman–Crippen LogP) is 13.7. The van der Waals surface area contributed by atoms with Crippen molar-refractivity contribution in [2.75, 3.05) is 4.81 Å². The van der Waals surface area contributed by atoms with Gasteiger partial charge in [0, 0.05) is 55.6 Å². The van der Waals surface area contributed by atoms with E-state index in [2.05, 4.69) is 193 Å². The van der Waals surface area contributed by atoms with Crippen LogP contribution in [-0.4, -0.2) is 11.4 Å². The number of nitrogens with zero attached hydrogens (tertiary/aromatic N) is 2. The van der Waals surface area contributed by atoms with E-state index in [1.807, 2.05) is 0 Å². The van der Waals surface area contributed by atoms with Crippen LogP contribution in [-0.2, 0) is 16.2 Å². The molecule has 0 N–H and O–H groups in total. The molecule has 0 spiro atoms. The van der Waals surface area contributed by atoms with Gasteiger partial charge in [0.15, 0.2) is 0 Å². The van der Waals surface area contributed by atoms with E-state index in [1.165, 1.54) is 77.3 Å². The molecule has 7 aromatic carbocycles. The van der Waals surface area contributed by atoms with Crippen LogP contribution in [0.2, 0.25) is 0 Å². The number of aromatic nitrogens is 1. The second kappa shape index (κ2) is 11.3. The second-order valence-electron chi connectivity index (χ2n) is 20.2. The quantitative estimate of drug-likeness (QED) is 0.156. The van der Waals surface area contributed by atoms with Crippen LogP contribution in [0.15, 0.2) is 130 Å². The van der Waals surface area contributed by atoms with Crippen molar-refractivity contribution in [1.29, 1.82) is 0 Å². The Bertz CT molecular complexity index is 3450. The Balaban J connectivity index is 1.34. The van der Waals surface area contributed by atoms with Crippen molar-refractivity contribution in [2.45, 2.75) is 78.6 Å². The summed E-state index contributed by atoms with van der Waals surface area (Å²) < 4.78 is 16.4. The monoisotopic (exact) mass is 766 g/mol. The van der Waals surface area contributed by atoms with Crippen molar-refractivity contribution in [3.8, 4) is 16.8 Å². The molecular formula is C54H47BN2O2. The van der Waals surface area contributed by atoms with Crippen LogP contribution in [0.1, 0.15) is 79.0 Å². The van der Waals surface area contributed by atoms with Gasteiger partial charge in [0.1, 0.15) is 22.3 Å². The minimum absolute atomic E-state index is 0.0326. The first-order valence-corrected chi connectivity index (χ1v) is 21.1. The molecule has 12 rings (SSSR count). The third kappa shape index (κ3) is 4.67. The van der Waals surface area contributed by atoms with Gasteiger partial charge in [-0.1, -0.05) is 129 Å². The zero-order valence-corrected chi connectivity index (χ0v) is 35.3. The zero-order valence-electron chi connectivity index (χ0n) is 35.3. The number of anilines is 2. The number of hydrogen-bond acceptors (Lipinski definition) is 3. The van der Waals surface area contributed by atoms with E-state index in [0.29, 0.717) is 0 Å². The van der Waals surface area contributed by atoms with Crippen molar-refractivity contribution >= 4 is 94.8 Å². The molecular weight excluding hydrogens is 719 g/mol. The van der Waals surface area contributed by atoms with Gasteiger partial charge in [-0.2, -0.15) is 0 Å². The van der Waals surface area contributed by atoms with E-state index in [1.54, 1.807) is 0 Å². The molecule has 2 aliphatic heterocycles. The summed E-state index contributed by atoms with van der Waals surface area (Å²) in [7, 11) is 0. The smallest absolute Gasteiger partial charge is 0.333 e. The standard InChI is InChI=1S/C54H47BN2O2/c1-52(2,3)30-18-22-33(23-19-30)57-41-25-21-32(54(7,8)9)27-38(41)46-47-35-15-11-13-17-44(35)59-51(47)48-37-26-31(53(4,5)6)20-24-40(37)56-42-29-45-36(34-14-10-12-16-43(34)58-45)28-39(42)55(57)49(46)50(48)56/h10-29H,1-9H3. The summed E-state index contributed by atoms with van der Waals surface area (Å²) in [4.78, 5) is 2.64. The number of rotatable bonds is 1. The molecule has 0 saturated heterocycles. The summed E-state index contributed by atoms with van der Waals surface area (Å²) in [6.45, 7) is 20.6. The number of para-hydroxylation sites is 2. The lowest BCUT2D eigenvalue weighted by molar-refractivity contribution is 0.590.